The van der Waals surface area contributed by atoms with E-state index in [0.717, 1.165) is 12.1 Å². The van der Waals surface area contributed by atoms with E-state index in [1.54, 1.807) is 6.92 Å². The summed E-state index contributed by atoms with van der Waals surface area (Å²) in [6.45, 7) is 5.19. The SMILES string of the molecule is Cc1ccc(CN(C)C(CN)c2ccc(F)c(C)c2)cc1. The Labute approximate surface area is 126 Å². The number of nitrogens with zero attached hydrogens (tertiary/aromatic N) is 1. The summed E-state index contributed by atoms with van der Waals surface area (Å²) in [5.41, 5.74) is 10.2. The second-order valence-electron chi connectivity index (χ2n) is 5.66. The van der Waals surface area contributed by atoms with Crippen LogP contribution < -0.4 is 5.73 Å². The summed E-state index contributed by atoms with van der Waals surface area (Å²) in [5.74, 6) is -0.171. The lowest BCUT2D eigenvalue weighted by Gasteiger charge is -2.28. The van der Waals surface area contributed by atoms with Gasteiger partial charge in [-0.05, 0) is 43.7 Å². The van der Waals surface area contributed by atoms with Crippen LogP contribution in [0.1, 0.15) is 28.3 Å². The van der Waals surface area contributed by atoms with Crippen LogP contribution in [0.4, 0.5) is 4.39 Å². The van der Waals surface area contributed by atoms with Gasteiger partial charge in [0.25, 0.3) is 0 Å². The Morgan fingerprint density at radius 2 is 1.76 bits per heavy atom. The number of likely N-dealkylation sites (N-methyl/N-ethyl adjacent to an activating group) is 1. The van der Waals surface area contributed by atoms with Gasteiger partial charge in [0.15, 0.2) is 0 Å². The van der Waals surface area contributed by atoms with Crippen molar-refractivity contribution in [1.29, 1.82) is 0 Å². The lowest BCUT2D eigenvalue weighted by atomic mass is 10.0. The fourth-order valence-corrected chi connectivity index (χ4v) is 2.54. The van der Waals surface area contributed by atoms with E-state index in [4.69, 9.17) is 5.73 Å². The summed E-state index contributed by atoms with van der Waals surface area (Å²) < 4.78 is 13.4. The molecule has 2 N–H and O–H groups in total. The normalized spacial score (nSPS) is 12.7. The maximum atomic E-state index is 13.4. The van der Waals surface area contributed by atoms with E-state index in [1.165, 1.54) is 17.2 Å². The summed E-state index contributed by atoms with van der Waals surface area (Å²) in [5, 5.41) is 0. The fourth-order valence-electron chi connectivity index (χ4n) is 2.54. The van der Waals surface area contributed by atoms with Crippen LogP contribution in [0.3, 0.4) is 0 Å². The molecule has 2 rings (SSSR count). The summed E-state index contributed by atoms with van der Waals surface area (Å²) in [4.78, 5) is 2.21. The molecule has 0 heterocycles. The standard InChI is InChI=1S/C18H23FN2/c1-13-4-6-15(7-5-13)12-21(3)18(11-20)16-8-9-17(19)14(2)10-16/h4-10,18H,11-12,20H2,1-3H3. The Kier molecular flexibility index (Phi) is 5.10. The number of hydrogen-bond acceptors (Lipinski definition) is 2. The molecule has 1 unspecified atom stereocenters. The Morgan fingerprint density at radius 1 is 1.10 bits per heavy atom. The first-order chi connectivity index (χ1) is 10.0. The first kappa shape index (κ1) is 15.7. The molecule has 0 radical (unpaired) electrons. The first-order valence-electron chi connectivity index (χ1n) is 7.23. The average Bonchev–Trinajstić information content (AvgIpc) is 2.46. The van der Waals surface area contributed by atoms with Crippen LogP contribution in [0, 0.1) is 19.7 Å². The van der Waals surface area contributed by atoms with Crippen molar-refractivity contribution in [3.63, 3.8) is 0 Å². The molecule has 3 heteroatoms. The minimum absolute atomic E-state index is 0.0885. The molecule has 0 amide bonds. The Morgan fingerprint density at radius 3 is 2.33 bits per heavy atom. The summed E-state index contributed by atoms with van der Waals surface area (Å²) >= 11 is 0. The highest BCUT2D eigenvalue weighted by Crippen LogP contribution is 2.22. The van der Waals surface area contributed by atoms with Crippen LogP contribution in [0.5, 0.6) is 0 Å². The molecule has 0 saturated carbocycles. The topological polar surface area (TPSA) is 29.3 Å². The van der Waals surface area contributed by atoms with Crippen molar-refractivity contribution in [2.24, 2.45) is 5.73 Å². The van der Waals surface area contributed by atoms with Crippen LogP contribution in [0.15, 0.2) is 42.5 Å². The highest BCUT2D eigenvalue weighted by molar-refractivity contribution is 5.27. The summed E-state index contributed by atoms with van der Waals surface area (Å²) in [6.07, 6.45) is 0. The number of rotatable bonds is 5. The molecule has 21 heavy (non-hydrogen) atoms. The van der Waals surface area contributed by atoms with Crippen molar-refractivity contribution in [2.75, 3.05) is 13.6 Å². The van der Waals surface area contributed by atoms with Gasteiger partial charge in [0.1, 0.15) is 5.82 Å². The number of aryl methyl sites for hydroxylation is 2. The summed E-state index contributed by atoms with van der Waals surface area (Å²) in [6, 6.07) is 13.8. The molecule has 1 atom stereocenters. The molecule has 0 aliphatic rings. The van der Waals surface area contributed by atoms with Crippen molar-refractivity contribution in [3.05, 3.63) is 70.5 Å². The van der Waals surface area contributed by atoms with Gasteiger partial charge in [-0.1, -0.05) is 42.0 Å². The van der Waals surface area contributed by atoms with Gasteiger partial charge in [-0.3, -0.25) is 4.90 Å². The molecule has 0 bridgehead atoms. The third-order valence-electron chi connectivity index (χ3n) is 3.87. The predicted molar refractivity (Wildman–Crippen MR) is 85.6 cm³/mol. The van der Waals surface area contributed by atoms with Crippen molar-refractivity contribution in [3.8, 4) is 0 Å². The maximum Gasteiger partial charge on any atom is 0.126 e. The molecule has 0 saturated heterocycles. The predicted octanol–water partition coefficient (Wildman–Crippen LogP) is 3.57. The minimum Gasteiger partial charge on any atom is -0.329 e. The Balaban J connectivity index is 2.15. The highest BCUT2D eigenvalue weighted by Gasteiger charge is 2.16. The van der Waals surface area contributed by atoms with Gasteiger partial charge in [0, 0.05) is 19.1 Å². The minimum atomic E-state index is -0.171. The van der Waals surface area contributed by atoms with Gasteiger partial charge in [0.05, 0.1) is 0 Å². The number of benzene rings is 2. The van der Waals surface area contributed by atoms with Crippen LogP contribution in [-0.2, 0) is 6.54 Å². The molecule has 2 aromatic rings. The van der Waals surface area contributed by atoms with E-state index in [0.29, 0.717) is 12.1 Å². The van der Waals surface area contributed by atoms with E-state index in [-0.39, 0.29) is 11.9 Å². The molecular formula is C18H23FN2. The van der Waals surface area contributed by atoms with Crippen LogP contribution in [-0.4, -0.2) is 18.5 Å². The van der Waals surface area contributed by atoms with Crippen LogP contribution in [0.25, 0.3) is 0 Å². The van der Waals surface area contributed by atoms with E-state index in [9.17, 15) is 4.39 Å². The quantitative estimate of drug-likeness (QED) is 0.910. The largest absolute Gasteiger partial charge is 0.329 e. The van der Waals surface area contributed by atoms with Crippen molar-refractivity contribution >= 4 is 0 Å². The average molecular weight is 286 g/mol. The molecule has 2 aromatic carbocycles. The fraction of sp³-hybridized carbons (Fsp3) is 0.333. The van der Waals surface area contributed by atoms with E-state index in [1.807, 2.05) is 12.1 Å². The molecule has 112 valence electrons. The second-order valence-corrected chi connectivity index (χ2v) is 5.66. The summed E-state index contributed by atoms with van der Waals surface area (Å²) in [7, 11) is 2.05. The zero-order chi connectivity index (χ0) is 15.4. The Bertz CT molecular complexity index is 593. The van der Waals surface area contributed by atoms with Crippen LogP contribution in [0.2, 0.25) is 0 Å². The van der Waals surface area contributed by atoms with Crippen molar-refractivity contribution < 1.29 is 4.39 Å². The van der Waals surface area contributed by atoms with E-state index in [2.05, 4.69) is 43.1 Å². The molecular weight excluding hydrogens is 263 g/mol. The maximum absolute atomic E-state index is 13.4. The third-order valence-corrected chi connectivity index (χ3v) is 3.87. The number of hydrogen-bond donors (Lipinski definition) is 1. The lowest BCUT2D eigenvalue weighted by molar-refractivity contribution is 0.241. The lowest BCUT2D eigenvalue weighted by Crippen LogP contribution is -2.30. The molecule has 0 spiro atoms. The first-order valence-corrected chi connectivity index (χ1v) is 7.23. The number of nitrogens with two attached hydrogens (primary N) is 1. The number of halogens is 1. The monoisotopic (exact) mass is 286 g/mol. The van der Waals surface area contributed by atoms with Crippen molar-refractivity contribution in [2.45, 2.75) is 26.4 Å². The third kappa shape index (κ3) is 3.90. The van der Waals surface area contributed by atoms with Gasteiger partial charge < -0.3 is 5.73 Å². The molecule has 0 aliphatic heterocycles. The van der Waals surface area contributed by atoms with Crippen molar-refractivity contribution in [1.82, 2.24) is 4.90 Å². The van der Waals surface area contributed by atoms with Gasteiger partial charge in [0.2, 0.25) is 0 Å². The van der Waals surface area contributed by atoms with Crippen LogP contribution >= 0.6 is 0 Å². The molecule has 0 fully saturated rings. The molecule has 0 aromatic heterocycles. The Hall–Kier alpha value is -1.71. The smallest absolute Gasteiger partial charge is 0.126 e. The molecule has 2 nitrogen and oxygen atoms in total. The zero-order valence-electron chi connectivity index (χ0n) is 12.9. The van der Waals surface area contributed by atoms with E-state index >= 15 is 0 Å². The van der Waals surface area contributed by atoms with Gasteiger partial charge in [-0.2, -0.15) is 0 Å². The van der Waals surface area contributed by atoms with E-state index < -0.39 is 0 Å². The second kappa shape index (κ2) is 6.83. The molecule has 0 aliphatic carbocycles. The van der Waals surface area contributed by atoms with Gasteiger partial charge in [-0.25, -0.2) is 4.39 Å². The van der Waals surface area contributed by atoms with Gasteiger partial charge >= 0.3 is 0 Å². The highest BCUT2D eigenvalue weighted by atomic mass is 19.1. The van der Waals surface area contributed by atoms with Gasteiger partial charge in [-0.15, -0.1) is 0 Å². The zero-order valence-corrected chi connectivity index (χ0v) is 12.9.